The number of benzene rings is 1. The van der Waals surface area contributed by atoms with E-state index in [9.17, 15) is 0 Å². The smallest absolute Gasteiger partial charge is 0.124 e. The number of nitrogens with one attached hydrogen (secondary N) is 2. The molecule has 0 radical (unpaired) electrons. The quantitative estimate of drug-likeness (QED) is 0.725. The summed E-state index contributed by atoms with van der Waals surface area (Å²) >= 11 is 0. The van der Waals surface area contributed by atoms with Crippen LogP contribution in [0.3, 0.4) is 0 Å². The average molecular weight is 336 g/mol. The van der Waals surface area contributed by atoms with Crippen LogP contribution in [-0.2, 0) is 19.6 Å². The summed E-state index contributed by atoms with van der Waals surface area (Å²) in [5.74, 6) is 1.69. The molecule has 0 amide bonds. The molecule has 6 heteroatoms. The Hall–Kier alpha value is -2.60. The van der Waals surface area contributed by atoms with Gasteiger partial charge in [-0.25, -0.2) is 4.68 Å². The number of hydrogen-bond donors (Lipinski definition) is 2. The highest BCUT2D eigenvalue weighted by Gasteiger charge is 2.18. The second-order valence-electron chi connectivity index (χ2n) is 6.75. The van der Waals surface area contributed by atoms with Gasteiger partial charge < -0.3 is 10.6 Å². The Morgan fingerprint density at radius 3 is 3.04 bits per heavy atom. The molecule has 0 unspecified atom stereocenters. The van der Waals surface area contributed by atoms with Gasteiger partial charge in [0, 0.05) is 50.6 Å². The summed E-state index contributed by atoms with van der Waals surface area (Å²) in [6.45, 7) is 6.69. The van der Waals surface area contributed by atoms with E-state index in [2.05, 4.69) is 55.8 Å². The lowest BCUT2D eigenvalue weighted by molar-refractivity contribution is 0.390. The Balaban J connectivity index is 1.29. The van der Waals surface area contributed by atoms with E-state index in [-0.39, 0.29) is 0 Å². The van der Waals surface area contributed by atoms with E-state index < -0.39 is 0 Å². The topological polar surface area (TPSA) is 59.7 Å². The highest BCUT2D eigenvalue weighted by molar-refractivity contribution is 5.38. The maximum atomic E-state index is 4.53. The number of rotatable bonds is 6. The Labute approximate surface area is 147 Å². The SMILES string of the molecule is Cc1cc2n(n1)C[C@@H](CNCc1cccc(Cn3cccn3)c1)CN2. The molecule has 2 N–H and O–H groups in total. The van der Waals surface area contributed by atoms with E-state index in [0.717, 1.165) is 44.2 Å². The number of aryl methyl sites for hydroxylation is 1. The predicted molar refractivity (Wildman–Crippen MR) is 98.4 cm³/mol. The molecule has 3 heterocycles. The van der Waals surface area contributed by atoms with E-state index in [1.807, 2.05) is 30.1 Å². The van der Waals surface area contributed by atoms with Crippen molar-refractivity contribution in [1.82, 2.24) is 24.9 Å². The lowest BCUT2D eigenvalue weighted by Gasteiger charge is -2.25. The molecule has 0 saturated heterocycles. The zero-order valence-corrected chi connectivity index (χ0v) is 14.5. The Kier molecular flexibility index (Phi) is 4.52. The highest BCUT2D eigenvalue weighted by atomic mass is 15.3. The molecule has 1 aliphatic rings. The maximum absolute atomic E-state index is 4.53. The first kappa shape index (κ1) is 15.9. The fraction of sp³-hybridized carbons (Fsp3) is 0.368. The summed E-state index contributed by atoms with van der Waals surface area (Å²) in [6, 6.07) is 12.8. The van der Waals surface area contributed by atoms with Crippen LogP contribution in [0.4, 0.5) is 5.82 Å². The van der Waals surface area contributed by atoms with Crippen molar-refractivity contribution in [3.63, 3.8) is 0 Å². The van der Waals surface area contributed by atoms with Gasteiger partial charge in [-0.05, 0) is 24.1 Å². The van der Waals surface area contributed by atoms with Crippen LogP contribution in [0.2, 0.25) is 0 Å². The molecule has 2 aromatic heterocycles. The molecule has 130 valence electrons. The molecule has 0 saturated carbocycles. The van der Waals surface area contributed by atoms with E-state index in [0.29, 0.717) is 5.92 Å². The summed E-state index contributed by atoms with van der Waals surface area (Å²) in [5, 5.41) is 15.9. The Bertz CT molecular complexity index is 820. The van der Waals surface area contributed by atoms with Gasteiger partial charge in [-0.1, -0.05) is 24.3 Å². The molecule has 1 aromatic carbocycles. The molecule has 0 bridgehead atoms. The first-order chi connectivity index (χ1) is 12.3. The third-order valence-electron chi connectivity index (χ3n) is 4.56. The van der Waals surface area contributed by atoms with E-state index in [1.54, 1.807) is 0 Å². The van der Waals surface area contributed by atoms with Crippen molar-refractivity contribution in [3.05, 3.63) is 65.6 Å². The number of aromatic nitrogens is 4. The fourth-order valence-corrected chi connectivity index (χ4v) is 3.36. The van der Waals surface area contributed by atoms with Gasteiger partial charge in [0.2, 0.25) is 0 Å². The van der Waals surface area contributed by atoms with Crippen LogP contribution in [-0.4, -0.2) is 32.7 Å². The van der Waals surface area contributed by atoms with E-state index in [4.69, 9.17) is 0 Å². The van der Waals surface area contributed by atoms with Gasteiger partial charge in [0.1, 0.15) is 5.82 Å². The van der Waals surface area contributed by atoms with Crippen molar-refractivity contribution in [2.45, 2.75) is 26.6 Å². The van der Waals surface area contributed by atoms with Crippen molar-refractivity contribution >= 4 is 5.82 Å². The second kappa shape index (κ2) is 7.11. The van der Waals surface area contributed by atoms with Crippen LogP contribution < -0.4 is 10.6 Å². The maximum Gasteiger partial charge on any atom is 0.124 e. The molecule has 1 aliphatic heterocycles. The van der Waals surface area contributed by atoms with Gasteiger partial charge in [-0.2, -0.15) is 10.2 Å². The third kappa shape index (κ3) is 3.91. The fourth-order valence-electron chi connectivity index (χ4n) is 3.36. The molecular weight excluding hydrogens is 312 g/mol. The first-order valence-electron chi connectivity index (χ1n) is 8.80. The largest absolute Gasteiger partial charge is 0.370 e. The lowest BCUT2D eigenvalue weighted by atomic mass is 10.1. The van der Waals surface area contributed by atoms with Gasteiger partial charge >= 0.3 is 0 Å². The summed E-state index contributed by atoms with van der Waals surface area (Å²) < 4.78 is 4.03. The number of fused-ring (bicyclic) bond motifs is 1. The van der Waals surface area contributed by atoms with Crippen molar-refractivity contribution in [1.29, 1.82) is 0 Å². The highest BCUT2D eigenvalue weighted by Crippen LogP contribution is 2.18. The van der Waals surface area contributed by atoms with Crippen LogP contribution >= 0.6 is 0 Å². The van der Waals surface area contributed by atoms with Gasteiger partial charge in [0.25, 0.3) is 0 Å². The summed E-state index contributed by atoms with van der Waals surface area (Å²) in [5.41, 5.74) is 3.66. The minimum Gasteiger partial charge on any atom is -0.370 e. The van der Waals surface area contributed by atoms with Crippen LogP contribution in [0.5, 0.6) is 0 Å². The zero-order valence-electron chi connectivity index (χ0n) is 14.5. The van der Waals surface area contributed by atoms with Gasteiger partial charge in [0.05, 0.1) is 12.2 Å². The minimum atomic E-state index is 0.555. The second-order valence-corrected chi connectivity index (χ2v) is 6.75. The van der Waals surface area contributed by atoms with Crippen LogP contribution in [0.1, 0.15) is 16.8 Å². The van der Waals surface area contributed by atoms with E-state index in [1.165, 1.54) is 11.1 Å². The average Bonchev–Trinajstić information content (AvgIpc) is 3.23. The minimum absolute atomic E-state index is 0.555. The Morgan fingerprint density at radius 1 is 1.24 bits per heavy atom. The standard InChI is InChI=1S/C19H24N6/c1-15-8-19-21-12-18(14-25(19)23-15)11-20-10-16-4-2-5-17(9-16)13-24-7-3-6-22-24/h2-9,18,20-21H,10-14H2,1H3/t18-/m0/s1. The summed E-state index contributed by atoms with van der Waals surface area (Å²) in [7, 11) is 0. The molecular formula is C19H24N6. The van der Waals surface area contributed by atoms with Gasteiger partial charge in [-0.15, -0.1) is 0 Å². The lowest BCUT2D eigenvalue weighted by Crippen LogP contribution is -2.35. The van der Waals surface area contributed by atoms with E-state index >= 15 is 0 Å². The normalized spacial score (nSPS) is 16.4. The number of hydrogen-bond acceptors (Lipinski definition) is 4. The number of anilines is 1. The first-order valence-corrected chi connectivity index (χ1v) is 8.80. The van der Waals surface area contributed by atoms with Crippen molar-refractivity contribution < 1.29 is 0 Å². The summed E-state index contributed by atoms with van der Waals surface area (Å²) in [4.78, 5) is 0. The molecule has 6 nitrogen and oxygen atoms in total. The molecule has 0 spiro atoms. The molecule has 4 rings (SSSR count). The third-order valence-corrected chi connectivity index (χ3v) is 4.56. The van der Waals surface area contributed by atoms with Gasteiger partial charge in [0.15, 0.2) is 0 Å². The number of nitrogens with zero attached hydrogens (tertiary/aromatic N) is 4. The van der Waals surface area contributed by atoms with Crippen LogP contribution in [0.15, 0.2) is 48.8 Å². The van der Waals surface area contributed by atoms with Crippen molar-refractivity contribution in [2.75, 3.05) is 18.4 Å². The molecule has 0 aliphatic carbocycles. The molecule has 25 heavy (non-hydrogen) atoms. The van der Waals surface area contributed by atoms with Crippen LogP contribution in [0, 0.1) is 12.8 Å². The van der Waals surface area contributed by atoms with Crippen molar-refractivity contribution in [3.8, 4) is 0 Å². The molecule has 3 aromatic rings. The van der Waals surface area contributed by atoms with Crippen molar-refractivity contribution in [2.24, 2.45) is 5.92 Å². The molecule has 0 fully saturated rings. The summed E-state index contributed by atoms with van der Waals surface area (Å²) in [6.07, 6.45) is 3.81. The molecule has 1 atom stereocenters. The van der Waals surface area contributed by atoms with Crippen LogP contribution in [0.25, 0.3) is 0 Å². The Morgan fingerprint density at radius 2 is 2.16 bits per heavy atom. The van der Waals surface area contributed by atoms with Gasteiger partial charge in [-0.3, -0.25) is 4.68 Å². The predicted octanol–water partition coefficient (Wildman–Crippen LogP) is 2.27. The monoisotopic (exact) mass is 336 g/mol. The zero-order chi connectivity index (χ0) is 17.1.